The Morgan fingerprint density at radius 3 is 1.94 bits per heavy atom. The van der Waals surface area contributed by atoms with Crippen LogP contribution in [0.15, 0.2) is 30.3 Å². The van der Waals surface area contributed by atoms with Gasteiger partial charge in [-0.25, -0.2) is 0 Å². The molecule has 0 bridgehead atoms. The molecule has 0 N–H and O–H groups in total. The molecule has 1 nitrogen and oxygen atoms in total. The molecule has 98 valence electrons. The van der Waals surface area contributed by atoms with Crippen molar-refractivity contribution in [3.63, 3.8) is 0 Å². The van der Waals surface area contributed by atoms with E-state index >= 15 is 0 Å². The number of hydrogen-bond acceptors (Lipinski definition) is 1. The fourth-order valence-electron chi connectivity index (χ4n) is 1.21. The number of carbonyl (C=O) groups excluding carboxylic acids is 1. The molecule has 0 radical (unpaired) electrons. The summed E-state index contributed by atoms with van der Waals surface area (Å²) in [6.07, 6.45) is -1.42. The van der Waals surface area contributed by atoms with Gasteiger partial charge in [0, 0.05) is 5.41 Å². The van der Waals surface area contributed by atoms with Gasteiger partial charge in [-0.15, -0.1) is 0 Å². The molecule has 0 heterocycles. The molecule has 0 amide bonds. The van der Waals surface area contributed by atoms with Crippen molar-refractivity contribution in [1.29, 1.82) is 0 Å². The fraction of sp³-hybridized carbons (Fsp3) is 0.357. The van der Waals surface area contributed by atoms with Crippen LogP contribution in [0, 0.1) is 5.41 Å². The van der Waals surface area contributed by atoms with Gasteiger partial charge in [0.05, 0.1) is 5.56 Å². The molecule has 4 heteroatoms. The number of benzene rings is 1. The Hall–Kier alpha value is -1.58. The third kappa shape index (κ3) is 4.02. The molecule has 0 saturated heterocycles. The van der Waals surface area contributed by atoms with Gasteiger partial charge >= 0.3 is 6.18 Å². The summed E-state index contributed by atoms with van der Waals surface area (Å²) in [6, 6.07) is 4.69. The van der Waals surface area contributed by atoms with Crippen LogP contribution in [-0.2, 0) is 11.0 Å². The second kappa shape index (κ2) is 4.96. The summed E-state index contributed by atoms with van der Waals surface area (Å²) in [6.45, 7) is 5.35. The van der Waals surface area contributed by atoms with Gasteiger partial charge in [0.15, 0.2) is 5.78 Å². The van der Waals surface area contributed by atoms with Gasteiger partial charge in [-0.2, -0.15) is 13.2 Å². The summed E-state index contributed by atoms with van der Waals surface area (Å²) < 4.78 is 37.0. The highest BCUT2D eigenvalue weighted by Gasteiger charge is 2.29. The molecular weight excluding hydrogens is 241 g/mol. The number of halogens is 3. The highest BCUT2D eigenvalue weighted by atomic mass is 19.4. The zero-order valence-corrected chi connectivity index (χ0v) is 10.5. The first-order chi connectivity index (χ1) is 8.10. The van der Waals surface area contributed by atoms with Crippen molar-refractivity contribution >= 4 is 11.9 Å². The number of allylic oxidation sites excluding steroid dienone is 1. The van der Waals surface area contributed by atoms with Crippen molar-refractivity contribution in [2.75, 3.05) is 0 Å². The van der Waals surface area contributed by atoms with E-state index in [0.717, 1.165) is 12.1 Å². The van der Waals surface area contributed by atoms with Crippen molar-refractivity contribution < 1.29 is 18.0 Å². The monoisotopic (exact) mass is 256 g/mol. The van der Waals surface area contributed by atoms with Crippen LogP contribution in [0.2, 0.25) is 0 Å². The maximum atomic E-state index is 12.3. The van der Waals surface area contributed by atoms with Crippen LogP contribution >= 0.6 is 0 Å². The van der Waals surface area contributed by atoms with Crippen molar-refractivity contribution in [2.24, 2.45) is 5.41 Å². The average molecular weight is 256 g/mol. The van der Waals surface area contributed by atoms with E-state index in [1.165, 1.54) is 24.3 Å². The predicted molar refractivity (Wildman–Crippen MR) is 64.9 cm³/mol. The first kappa shape index (κ1) is 14.5. The van der Waals surface area contributed by atoms with Crippen molar-refractivity contribution in [1.82, 2.24) is 0 Å². The van der Waals surface area contributed by atoms with Gasteiger partial charge < -0.3 is 0 Å². The highest BCUT2D eigenvalue weighted by molar-refractivity contribution is 5.97. The number of alkyl halides is 3. The van der Waals surface area contributed by atoms with Gasteiger partial charge in [-0.3, -0.25) is 4.79 Å². The van der Waals surface area contributed by atoms with Gasteiger partial charge in [-0.05, 0) is 23.8 Å². The number of ketones is 1. The lowest BCUT2D eigenvalue weighted by atomic mass is 9.90. The highest BCUT2D eigenvalue weighted by Crippen LogP contribution is 2.29. The number of rotatable bonds is 2. The first-order valence-electron chi connectivity index (χ1n) is 5.50. The standard InChI is InChI=1S/C14H15F3O/c1-13(2,3)12(18)9-6-10-4-7-11(8-5-10)14(15,16)17/h4-9H,1-3H3/b9-6+. The molecule has 18 heavy (non-hydrogen) atoms. The Balaban J connectivity index is 2.82. The molecular formula is C14H15F3O. The zero-order chi connectivity index (χ0) is 14.0. The summed E-state index contributed by atoms with van der Waals surface area (Å²) in [5.74, 6) is -0.0672. The lowest BCUT2D eigenvalue weighted by Crippen LogP contribution is -2.17. The topological polar surface area (TPSA) is 17.1 Å². The largest absolute Gasteiger partial charge is 0.416 e. The molecule has 0 unspecified atom stereocenters. The molecule has 0 saturated carbocycles. The quantitative estimate of drug-likeness (QED) is 0.719. The number of carbonyl (C=O) groups is 1. The lowest BCUT2D eigenvalue weighted by Gasteiger charge is -2.12. The minimum absolute atomic E-state index is 0.0672. The molecule has 0 aromatic heterocycles. The Bertz CT molecular complexity index is 447. The smallest absolute Gasteiger partial charge is 0.294 e. The Morgan fingerprint density at radius 2 is 1.56 bits per heavy atom. The summed E-state index contributed by atoms with van der Waals surface area (Å²) in [4.78, 5) is 11.6. The van der Waals surface area contributed by atoms with E-state index in [-0.39, 0.29) is 5.78 Å². The van der Waals surface area contributed by atoms with Crippen LogP contribution in [0.1, 0.15) is 31.9 Å². The maximum absolute atomic E-state index is 12.3. The average Bonchev–Trinajstić information content (AvgIpc) is 2.24. The van der Waals surface area contributed by atoms with Crippen LogP contribution in [0.25, 0.3) is 6.08 Å². The third-order valence-electron chi connectivity index (χ3n) is 2.40. The summed E-state index contributed by atoms with van der Waals surface area (Å²) in [5.41, 5.74) is -0.606. The first-order valence-corrected chi connectivity index (χ1v) is 5.50. The Kier molecular flexibility index (Phi) is 3.99. The summed E-state index contributed by atoms with van der Waals surface area (Å²) in [5, 5.41) is 0. The zero-order valence-electron chi connectivity index (χ0n) is 10.5. The maximum Gasteiger partial charge on any atom is 0.416 e. The van der Waals surface area contributed by atoms with Crippen molar-refractivity contribution in [2.45, 2.75) is 26.9 Å². The van der Waals surface area contributed by atoms with Crippen molar-refractivity contribution in [3.8, 4) is 0 Å². The van der Waals surface area contributed by atoms with Crippen LogP contribution in [-0.4, -0.2) is 5.78 Å². The molecule has 1 rings (SSSR count). The van der Waals surface area contributed by atoms with E-state index in [2.05, 4.69) is 0 Å². The second-order valence-electron chi connectivity index (χ2n) is 5.07. The molecule has 1 aromatic carbocycles. The predicted octanol–water partition coefficient (Wildman–Crippen LogP) is 4.33. The Morgan fingerprint density at radius 1 is 1.06 bits per heavy atom. The van der Waals surface area contributed by atoms with E-state index in [4.69, 9.17) is 0 Å². The van der Waals surface area contributed by atoms with Gasteiger partial charge in [0.2, 0.25) is 0 Å². The SMILES string of the molecule is CC(C)(C)C(=O)/C=C/c1ccc(C(F)(F)F)cc1. The fourth-order valence-corrected chi connectivity index (χ4v) is 1.21. The van der Waals surface area contributed by atoms with Crippen molar-refractivity contribution in [3.05, 3.63) is 41.5 Å². The third-order valence-corrected chi connectivity index (χ3v) is 2.40. The van der Waals surface area contributed by atoms with E-state index in [9.17, 15) is 18.0 Å². The van der Waals surface area contributed by atoms with Crippen LogP contribution in [0.4, 0.5) is 13.2 Å². The minimum Gasteiger partial charge on any atom is -0.294 e. The minimum atomic E-state index is -4.33. The van der Waals surface area contributed by atoms with E-state index in [0.29, 0.717) is 5.56 Å². The van der Waals surface area contributed by atoms with E-state index < -0.39 is 17.2 Å². The van der Waals surface area contributed by atoms with Crippen LogP contribution < -0.4 is 0 Å². The van der Waals surface area contributed by atoms with Gasteiger partial charge in [0.1, 0.15) is 0 Å². The molecule has 0 aliphatic heterocycles. The molecule has 0 spiro atoms. The molecule has 0 fully saturated rings. The molecule has 0 aliphatic carbocycles. The van der Waals surface area contributed by atoms with E-state index in [1.807, 2.05) is 0 Å². The normalized spacial score (nSPS) is 13.0. The summed E-state index contributed by atoms with van der Waals surface area (Å²) in [7, 11) is 0. The summed E-state index contributed by atoms with van der Waals surface area (Å²) >= 11 is 0. The molecule has 0 aliphatic rings. The Labute approximate surface area is 104 Å². The van der Waals surface area contributed by atoms with Gasteiger partial charge in [-0.1, -0.05) is 39.0 Å². The number of hydrogen-bond donors (Lipinski definition) is 0. The van der Waals surface area contributed by atoms with E-state index in [1.54, 1.807) is 20.8 Å². The molecule has 1 aromatic rings. The second-order valence-corrected chi connectivity index (χ2v) is 5.07. The van der Waals surface area contributed by atoms with Gasteiger partial charge in [0.25, 0.3) is 0 Å². The van der Waals surface area contributed by atoms with Crippen LogP contribution in [0.3, 0.4) is 0 Å². The lowest BCUT2D eigenvalue weighted by molar-refractivity contribution is -0.137. The molecule has 0 atom stereocenters. The van der Waals surface area contributed by atoms with Crippen LogP contribution in [0.5, 0.6) is 0 Å².